The third-order valence-electron chi connectivity index (χ3n) is 3.57. The number of piperidine rings is 1. The smallest absolute Gasteiger partial charge is 0.404 e. The fraction of sp³-hybridized carbons (Fsp3) is 0.538. The Morgan fingerprint density at radius 3 is 2.91 bits per heavy atom. The van der Waals surface area contributed by atoms with Gasteiger partial charge in [0.15, 0.2) is 0 Å². The molecule has 0 radical (unpaired) electrons. The number of nitrogens with zero attached hydrogens (tertiary/aromatic N) is 3. The Kier molecular flexibility index (Phi) is 4.64. The van der Waals surface area contributed by atoms with Crippen LogP contribution in [-0.2, 0) is 0 Å². The Morgan fingerprint density at radius 2 is 2.32 bits per heavy atom. The summed E-state index contributed by atoms with van der Waals surface area (Å²) in [6.45, 7) is 2.95. The monoisotopic (exact) mass is 310 g/mol. The highest BCUT2D eigenvalue weighted by Crippen LogP contribution is 2.33. The number of methoxy groups -OCH3 is 1. The van der Waals surface area contributed by atoms with E-state index in [-0.39, 0.29) is 23.5 Å². The van der Waals surface area contributed by atoms with Gasteiger partial charge >= 0.3 is 11.8 Å². The van der Waals surface area contributed by atoms with Gasteiger partial charge in [0.25, 0.3) is 0 Å². The zero-order valence-corrected chi connectivity index (χ0v) is 12.4. The van der Waals surface area contributed by atoms with Crippen LogP contribution in [0.4, 0.5) is 16.2 Å². The number of aromatic nitrogens is 1. The molecule has 1 aliphatic rings. The Morgan fingerprint density at radius 1 is 1.59 bits per heavy atom. The minimum absolute atomic E-state index is 0.121. The summed E-state index contributed by atoms with van der Waals surface area (Å²) in [5.41, 5.74) is 0.268. The summed E-state index contributed by atoms with van der Waals surface area (Å²) in [5.74, 6) is 0.478. The molecule has 2 heterocycles. The van der Waals surface area contributed by atoms with Crippen molar-refractivity contribution < 1.29 is 19.6 Å². The maximum absolute atomic E-state index is 11.2. The molecule has 1 aliphatic heterocycles. The summed E-state index contributed by atoms with van der Waals surface area (Å²) in [5, 5.41) is 22.5. The third kappa shape index (κ3) is 3.54. The summed E-state index contributed by atoms with van der Waals surface area (Å²) < 4.78 is 5.03. The molecule has 0 unspecified atom stereocenters. The molecule has 1 fully saturated rings. The van der Waals surface area contributed by atoms with Gasteiger partial charge in [0.1, 0.15) is 11.9 Å². The lowest BCUT2D eigenvalue weighted by molar-refractivity contribution is -0.384. The molecule has 120 valence electrons. The van der Waals surface area contributed by atoms with Crippen molar-refractivity contribution in [1.29, 1.82) is 0 Å². The van der Waals surface area contributed by atoms with Crippen LogP contribution in [0.25, 0.3) is 0 Å². The van der Waals surface area contributed by atoms with Crippen molar-refractivity contribution >= 4 is 17.5 Å². The van der Waals surface area contributed by atoms with E-state index in [2.05, 4.69) is 10.3 Å². The molecule has 9 nitrogen and oxygen atoms in total. The van der Waals surface area contributed by atoms with Crippen LogP contribution in [0.15, 0.2) is 12.3 Å². The van der Waals surface area contributed by atoms with E-state index < -0.39 is 11.0 Å². The Hall–Kier alpha value is -2.58. The Bertz CT molecular complexity index is 580. The lowest BCUT2D eigenvalue weighted by Crippen LogP contribution is -2.50. The minimum atomic E-state index is -1.10. The van der Waals surface area contributed by atoms with E-state index in [4.69, 9.17) is 9.84 Å². The van der Waals surface area contributed by atoms with Gasteiger partial charge in [0.05, 0.1) is 12.0 Å². The van der Waals surface area contributed by atoms with E-state index in [1.54, 1.807) is 4.90 Å². The highest BCUT2D eigenvalue weighted by atomic mass is 16.6. The number of rotatable bonds is 4. The number of nitro groups is 1. The van der Waals surface area contributed by atoms with Gasteiger partial charge in [-0.1, -0.05) is 6.92 Å². The van der Waals surface area contributed by atoms with E-state index in [0.717, 1.165) is 6.20 Å². The quantitative estimate of drug-likeness (QED) is 0.638. The van der Waals surface area contributed by atoms with E-state index >= 15 is 0 Å². The molecule has 1 saturated heterocycles. The number of ether oxygens (including phenoxy) is 1. The lowest BCUT2D eigenvalue weighted by atomic mass is 9.95. The van der Waals surface area contributed by atoms with Crippen LogP contribution in [0.1, 0.15) is 13.3 Å². The molecule has 0 saturated carbocycles. The van der Waals surface area contributed by atoms with Crippen molar-refractivity contribution in [3.05, 3.63) is 22.4 Å². The first-order valence-corrected chi connectivity index (χ1v) is 6.83. The maximum atomic E-state index is 11.2. The highest BCUT2D eigenvalue weighted by Gasteiger charge is 2.30. The van der Waals surface area contributed by atoms with Crippen LogP contribution in [0.2, 0.25) is 0 Å². The van der Waals surface area contributed by atoms with E-state index in [9.17, 15) is 14.9 Å². The fourth-order valence-corrected chi connectivity index (χ4v) is 2.75. The van der Waals surface area contributed by atoms with Gasteiger partial charge in [-0.05, 0) is 12.3 Å². The van der Waals surface area contributed by atoms with Crippen LogP contribution in [0.3, 0.4) is 0 Å². The maximum Gasteiger partial charge on any atom is 0.404 e. The molecular weight excluding hydrogens is 292 g/mol. The average Bonchev–Trinajstić information content (AvgIpc) is 2.45. The van der Waals surface area contributed by atoms with Gasteiger partial charge in [-0.2, -0.15) is 0 Å². The number of hydrogen-bond donors (Lipinski definition) is 2. The summed E-state index contributed by atoms with van der Waals surface area (Å²) in [6, 6.07) is 1.23. The van der Waals surface area contributed by atoms with Gasteiger partial charge in [0.2, 0.25) is 5.88 Å². The van der Waals surface area contributed by atoms with Crippen LogP contribution in [0.5, 0.6) is 5.88 Å². The zero-order valence-electron chi connectivity index (χ0n) is 12.4. The van der Waals surface area contributed by atoms with Crippen molar-refractivity contribution in [3.8, 4) is 5.88 Å². The zero-order chi connectivity index (χ0) is 16.3. The minimum Gasteiger partial charge on any atom is -0.481 e. The van der Waals surface area contributed by atoms with E-state index in [1.165, 1.54) is 13.2 Å². The Balaban J connectivity index is 2.32. The predicted octanol–water partition coefficient (Wildman–Crippen LogP) is 1.48. The van der Waals surface area contributed by atoms with Crippen molar-refractivity contribution in [3.63, 3.8) is 0 Å². The number of pyridine rings is 1. The lowest BCUT2D eigenvalue weighted by Gasteiger charge is -2.37. The fourth-order valence-electron chi connectivity index (χ4n) is 2.75. The molecule has 1 aromatic heterocycles. The average molecular weight is 310 g/mol. The number of carboxylic acid groups (broad SMARTS) is 1. The van der Waals surface area contributed by atoms with E-state index in [1.807, 2.05) is 6.92 Å². The summed E-state index contributed by atoms with van der Waals surface area (Å²) in [4.78, 5) is 27.2. The van der Waals surface area contributed by atoms with Crippen molar-refractivity contribution in [2.45, 2.75) is 19.4 Å². The largest absolute Gasteiger partial charge is 0.481 e. The second-order valence-corrected chi connectivity index (χ2v) is 5.36. The number of hydrogen-bond acceptors (Lipinski definition) is 6. The van der Waals surface area contributed by atoms with Crippen molar-refractivity contribution in [1.82, 2.24) is 10.3 Å². The third-order valence-corrected chi connectivity index (χ3v) is 3.57. The molecule has 1 aromatic rings. The summed E-state index contributed by atoms with van der Waals surface area (Å²) in [7, 11) is 1.44. The number of nitrogens with one attached hydrogen (secondary N) is 1. The first-order chi connectivity index (χ1) is 10.4. The van der Waals surface area contributed by atoms with Gasteiger partial charge in [-0.15, -0.1) is 0 Å². The second-order valence-electron chi connectivity index (χ2n) is 5.36. The normalized spacial score (nSPS) is 21.3. The summed E-state index contributed by atoms with van der Waals surface area (Å²) in [6.07, 6.45) is 0.757. The van der Waals surface area contributed by atoms with Gasteiger partial charge in [0, 0.05) is 25.2 Å². The van der Waals surface area contributed by atoms with Gasteiger partial charge in [-0.3, -0.25) is 10.1 Å². The summed E-state index contributed by atoms with van der Waals surface area (Å²) >= 11 is 0. The standard InChI is InChI=1S/C13H18N4O5/c1-8-3-9(15-13(18)19)7-16(6-8)10-4-12(22-2)14-5-11(10)17(20)21/h4-5,8-9,15H,3,6-7H2,1-2H3,(H,18,19)/t8-,9+/m1/s1. The molecule has 9 heteroatoms. The first kappa shape index (κ1) is 15.8. The number of carbonyl (C=O) groups is 1. The molecular formula is C13H18N4O5. The molecule has 0 aromatic carbocycles. The Labute approximate surface area is 127 Å². The molecule has 2 rings (SSSR count). The number of anilines is 1. The van der Waals surface area contributed by atoms with Crippen LogP contribution in [-0.4, -0.2) is 47.3 Å². The molecule has 1 amide bonds. The molecule has 0 spiro atoms. The van der Waals surface area contributed by atoms with Gasteiger partial charge in [-0.25, -0.2) is 9.78 Å². The van der Waals surface area contributed by atoms with Crippen molar-refractivity contribution in [2.75, 3.05) is 25.1 Å². The molecule has 0 bridgehead atoms. The van der Waals surface area contributed by atoms with Crippen LogP contribution >= 0.6 is 0 Å². The molecule has 22 heavy (non-hydrogen) atoms. The van der Waals surface area contributed by atoms with E-state index in [0.29, 0.717) is 25.2 Å². The van der Waals surface area contributed by atoms with Crippen LogP contribution in [0, 0.1) is 16.0 Å². The molecule has 2 N–H and O–H groups in total. The highest BCUT2D eigenvalue weighted by molar-refractivity contribution is 5.66. The molecule has 2 atom stereocenters. The van der Waals surface area contributed by atoms with Gasteiger partial charge < -0.3 is 20.1 Å². The second kappa shape index (κ2) is 6.46. The molecule has 0 aliphatic carbocycles. The predicted molar refractivity (Wildman–Crippen MR) is 78.4 cm³/mol. The first-order valence-electron chi connectivity index (χ1n) is 6.83. The number of amides is 1. The van der Waals surface area contributed by atoms with Crippen LogP contribution < -0.4 is 15.0 Å². The van der Waals surface area contributed by atoms with Crippen molar-refractivity contribution in [2.24, 2.45) is 5.92 Å². The topological polar surface area (TPSA) is 118 Å². The SMILES string of the molecule is COc1cc(N2C[C@H](C)C[C@H](NC(=O)O)C2)c([N+](=O)[O-])cn1.